The molecule has 138 valence electrons. The van der Waals surface area contributed by atoms with Crippen LogP contribution in [0, 0.1) is 0 Å². The SMILES string of the molecule is O=C(Cc1csc(-c2cccs2)n1)NC1c2ccccc2Oc2ccccc21. The number of rotatable bonds is 4. The van der Waals surface area contributed by atoms with E-state index in [4.69, 9.17) is 4.74 Å². The number of ether oxygens (including phenoxy) is 1. The predicted molar refractivity (Wildman–Crippen MR) is 112 cm³/mol. The summed E-state index contributed by atoms with van der Waals surface area (Å²) in [4.78, 5) is 18.6. The third kappa shape index (κ3) is 3.21. The van der Waals surface area contributed by atoms with E-state index in [1.807, 2.05) is 71.4 Å². The van der Waals surface area contributed by atoms with Crippen LogP contribution in [-0.2, 0) is 11.2 Å². The van der Waals surface area contributed by atoms with E-state index in [9.17, 15) is 4.79 Å². The van der Waals surface area contributed by atoms with Crippen LogP contribution in [0.3, 0.4) is 0 Å². The lowest BCUT2D eigenvalue weighted by Crippen LogP contribution is -2.32. The molecule has 28 heavy (non-hydrogen) atoms. The Hall–Kier alpha value is -2.96. The Labute approximate surface area is 170 Å². The van der Waals surface area contributed by atoms with Crippen molar-refractivity contribution in [1.82, 2.24) is 10.3 Å². The number of carbonyl (C=O) groups excluding carboxylic acids is 1. The molecule has 2 aromatic carbocycles. The van der Waals surface area contributed by atoms with E-state index < -0.39 is 0 Å². The van der Waals surface area contributed by atoms with Gasteiger partial charge in [-0.05, 0) is 23.6 Å². The number of amides is 1. The second-order valence-electron chi connectivity index (χ2n) is 6.48. The number of nitrogens with zero attached hydrogens (tertiary/aromatic N) is 1. The molecule has 0 bridgehead atoms. The number of hydrogen-bond acceptors (Lipinski definition) is 5. The van der Waals surface area contributed by atoms with Crippen LogP contribution in [0.15, 0.2) is 71.4 Å². The zero-order valence-corrected chi connectivity index (χ0v) is 16.4. The van der Waals surface area contributed by atoms with Crippen molar-refractivity contribution in [2.24, 2.45) is 0 Å². The van der Waals surface area contributed by atoms with Crippen molar-refractivity contribution < 1.29 is 9.53 Å². The number of fused-ring (bicyclic) bond motifs is 2. The Kier molecular flexibility index (Phi) is 4.43. The van der Waals surface area contributed by atoms with Crippen molar-refractivity contribution in [2.45, 2.75) is 12.5 Å². The van der Waals surface area contributed by atoms with Crippen molar-refractivity contribution in [3.63, 3.8) is 0 Å². The van der Waals surface area contributed by atoms with Gasteiger partial charge in [-0.15, -0.1) is 22.7 Å². The van der Waals surface area contributed by atoms with Crippen molar-refractivity contribution in [3.05, 3.63) is 88.2 Å². The van der Waals surface area contributed by atoms with Gasteiger partial charge in [-0.3, -0.25) is 4.79 Å². The Morgan fingerprint density at radius 3 is 2.36 bits per heavy atom. The molecule has 2 aromatic heterocycles. The number of benzene rings is 2. The molecule has 1 aliphatic rings. The molecule has 0 atom stereocenters. The van der Waals surface area contributed by atoms with Gasteiger partial charge >= 0.3 is 0 Å². The van der Waals surface area contributed by atoms with E-state index in [0.717, 1.165) is 38.2 Å². The Morgan fingerprint density at radius 1 is 0.964 bits per heavy atom. The highest BCUT2D eigenvalue weighted by molar-refractivity contribution is 7.20. The molecule has 0 saturated heterocycles. The maximum Gasteiger partial charge on any atom is 0.226 e. The van der Waals surface area contributed by atoms with Crippen LogP contribution in [0.5, 0.6) is 11.5 Å². The molecule has 0 aliphatic carbocycles. The van der Waals surface area contributed by atoms with Gasteiger partial charge in [-0.1, -0.05) is 42.5 Å². The van der Waals surface area contributed by atoms with Gasteiger partial charge in [-0.25, -0.2) is 4.98 Å². The minimum Gasteiger partial charge on any atom is -0.457 e. The summed E-state index contributed by atoms with van der Waals surface area (Å²) < 4.78 is 5.99. The fourth-order valence-corrected chi connectivity index (χ4v) is 4.98. The van der Waals surface area contributed by atoms with E-state index in [2.05, 4.69) is 10.3 Å². The van der Waals surface area contributed by atoms with Gasteiger partial charge in [-0.2, -0.15) is 0 Å². The average molecular weight is 405 g/mol. The van der Waals surface area contributed by atoms with Crippen LogP contribution in [0.25, 0.3) is 9.88 Å². The maximum absolute atomic E-state index is 12.8. The molecule has 4 nitrogen and oxygen atoms in total. The third-order valence-corrected chi connectivity index (χ3v) is 6.54. The van der Waals surface area contributed by atoms with E-state index in [-0.39, 0.29) is 18.4 Å². The number of aromatic nitrogens is 1. The van der Waals surface area contributed by atoms with Gasteiger partial charge in [0.15, 0.2) is 0 Å². The number of thiophene rings is 1. The topological polar surface area (TPSA) is 51.2 Å². The minimum absolute atomic E-state index is 0.0560. The molecule has 1 amide bonds. The van der Waals surface area contributed by atoms with Gasteiger partial charge in [0.05, 0.1) is 23.0 Å². The fourth-order valence-electron chi connectivity index (χ4n) is 3.34. The second-order valence-corrected chi connectivity index (χ2v) is 8.28. The molecule has 0 saturated carbocycles. The Morgan fingerprint density at radius 2 is 1.68 bits per heavy atom. The lowest BCUT2D eigenvalue weighted by Gasteiger charge is -2.28. The Balaban J connectivity index is 1.38. The predicted octanol–water partition coefficient (Wildman–Crippen LogP) is 5.43. The van der Waals surface area contributed by atoms with Crippen LogP contribution in [0.2, 0.25) is 0 Å². The standard InChI is InChI=1S/C22H16N2O2S2/c25-20(12-14-13-28-22(23-14)19-10-5-11-27-19)24-21-15-6-1-3-8-17(15)26-18-9-4-2-7-16(18)21/h1-11,13,21H,12H2,(H,24,25). The van der Waals surface area contributed by atoms with Gasteiger partial charge in [0.25, 0.3) is 0 Å². The smallest absolute Gasteiger partial charge is 0.226 e. The van der Waals surface area contributed by atoms with Gasteiger partial charge in [0.2, 0.25) is 5.91 Å². The molecule has 0 fully saturated rings. The van der Waals surface area contributed by atoms with E-state index in [1.165, 1.54) is 0 Å². The highest BCUT2D eigenvalue weighted by atomic mass is 32.1. The third-order valence-electron chi connectivity index (χ3n) is 4.61. The van der Waals surface area contributed by atoms with Crippen LogP contribution >= 0.6 is 22.7 Å². The van der Waals surface area contributed by atoms with E-state index in [0.29, 0.717) is 0 Å². The summed E-state index contributed by atoms with van der Waals surface area (Å²) in [5.74, 6) is 1.50. The summed E-state index contributed by atoms with van der Waals surface area (Å²) in [5.41, 5.74) is 2.72. The molecule has 0 spiro atoms. The van der Waals surface area contributed by atoms with E-state index >= 15 is 0 Å². The largest absolute Gasteiger partial charge is 0.457 e. The van der Waals surface area contributed by atoms with Crippen molar-refractivity contribution in [3.8, 4) is 21.4 Å². The molecular weight excluding hydrogens is 388 g/mol. The summed E-state index contributed by atoms with van der Waals surface area (Å²) >= 11 is 3.23. The molecule has 5 rings (SSSR count). The first kappa shape index (κ1) is 17.2. The molecule has 0 unspecified atom stereocenters. The average Bonchev–Trinajstić information content (AvgIpc) is 3.39. The molecule has 6 heteroatoms. The fraction of sp³-hybridized carbons (Fsp3) is 0.0909. The second kappa shape index (κ2) is 7.22. The van der Waals surface area contributed by atoms with Crippen molar-refractivity contribution in [2.75, 3.05) is 0 Å². The quantitative estimate of drug-likeness (QED) is 0.494. The lowest BCUT2D eigenvalue weighted by molar-refractivity contribution is -0.121. The summed E-state index contributed by atoms with van der Waals surface area (Å²) in [6, 6.07) is 19.5. The molecule has 3 heterocycles. The normalized spacial score (nSPS) is 12.7. The van der Waals surface area contributed by atoms with Crippen molar-refractivity contribution >= 4 is 28.6 Å². The minimum atomic E-state index is -0.232. The Bertz CT molecular complexity index is 1090. The number of nitrogens with one attached hydrogen (secondary N) is 1. The first-order valence-corrected chi connectivity index (χ1v) is 10.7. The summed E-state index contributed by atoms with van der Waals surface area (Å²) in [6.07, 6.45) is 0.254. The van der Waals surface area contributed by atoms with Crippen molar-refractivity contribution in [1.29, 1.82) is 0 Å². The summed E-state index contributed by atoms with van der Waals surface area (Å²) in [7, 11) is 0. The lowest BCUT2D eigenvalue weighted by atomic mass is 9.94. The maximum atomic E-state index is 12.8. The monoisotopic (exact) mass is 404 g/mol. The molecule has 0 radical (unpaired) electrons. The molecule has 1 aliphatic heterocycles. The van der Waals surface area contributed by atoms with Crippen LogP contribution < -0.4 is 10.1 Å². The highest BCUT2D eigenvalue weighted by Crippen LogP contribution is 2.42. The van der Waals surface area contributed by atoms with Gasteiger partial charge in [0, 0.05) is 16.5 Å². The van der Waals surface area contributed by atoms with E-state index in [1.54, 1.807) is 22.7 Å². The van der Waals surface area contributed by atoms with Crippen LogP contribution in [0.1, 0.15) is 22.9 Å². The number of para-hydroxylation sites is 2. The highest BCUT2D eigenvalue weighted by Gasteiger charge is 2.28. The van der Waals surface area contributed by atoms with Gasteiger partial charge in [0.1, 0.15) is 16.5 Å². The molecule has 1 N–H and O–H groups in total. The van der Waals surface area contributed by atoms with Crippen LogP contribution in [-0.4, -0.2) is 10.9 Å². The number of thiazole rings is 1. The number of carbonyl (C=O) groups is 1. The molecule has 4 aromatic rings. The number of hydrogen-bond donors (Lipinski definition) is 1. The molecular formula is C22H16N2O2S2. The summed E-state index contributed by atoms with van der Waals surface area (Å²) in [6.45, 7) is 0. The zero-order valence-electron chi connectivity index (χ0n) is 14.8. The van der Waals surface area contributed by atoms with Crippen LogP contribution in [0.4, 0.5) is 0 Å². The summed E-state index contributed by atoms with van der Waals surface area (Å²) in [5, 5.41) is 8.12. The van der Waals surface area contributed by atoms with Gasteiger partial charge < -0.3 is 10.1 Å². The zero-order chi connectivity index (χ0) is 18.9. The first-order chi connectivity index (χ1) is 13.8. The first-order valence-electron chi connectivity index (χ1n) is 8.91.